The molecule has 0 aliphatic carbocycles. The van der Waals surface area contributed by atoms with E-state index in [2.05, 4.69) is 5.43 Å². The number of rotatable bonds is 6. The van der Waals surface area contributed by atoms with Gasteiger partial charge in [0.1, 0.15) is 0 Å². The molecule has 0 fully saturated rings. The van der Waals surface area contributed by atoms with Gasteiger partial charge in [0.2, 0.25) is 0 Å². The highest BCUT2D eigenvalue weighted by atomic mass is 17.1. The molecule has 1 unspecified atom stereocenters. The number of hydrogen-bond acceptors (Lipinski definition) is 7. The molecular formula is C7H22N6O2. The molecule has 5 N–H and O–H groups in total. The zero-order valence-electron chi connectivity index (χ0n) is 9.97. The normalized spacial score (nSPS) is 16.8. The summed E-state index contributed by atoms with van der Waals surface area (Å²) in [6.45, 7) is 7.45. The van der Waals surface area contributed by atoms with E-state index in [-0.39, 0.29) is 22.3 Å². The van der Waals surface area contributed by atoms with Gasteiger partial charge in [-0.2, -0.15) is 0 Å². The van der Waals surface area contributed by atoms with Gasteiger partial charge < -0.3 is 5.21 Å². The SMILES string of the molecule is CN[N+](ON(N)[O-])(C(C)C)N(N)C(C)C. The maximum atomic E-state index is 10.8. The van der Waals surface area contributed by atoms with Gasteiger partial charge >= 0.3 is 0 Å². The van der Waals surface area contributed by atoms with E-state index in [1.165, 1.54) is 5.12 Å². The van der Waals surface area contributed by atoms with Crippen LogP contribution in [0.2, 0.25) is 0 Å². The Morgan fingerprint density at radius 2 is 1.73 bits per heavy atom. The molecule has 0 aliphatic heterocycles. The van der Waals surface area contributed by atoms with Crippen molar-refractivity contribution in [1.82, 2.24) is 15.9 Å². The van der Waals surface area contributed by atoms with Crippen LogP contribution in [0.4, 0.5) is 0 Å². The molecule has 0 aromatic rings. The monoisotopic (exact) mass is 222 g/mol. The lowest BCUT2D eigenvalue weighted by molar-refractivity contribution is -1.25. The summed E-state index contributed by atoms with van der Waals surface area (Å²) in [6.07, 6.45) is 0. The second-order valence-corrected chi connectivity index (χ2v) is 3.78. The molecular weight excluding hydrogens is 200 g/mol. The Bertz CT molecular complexity index is 188. The summed E-state index contributed by atoms with van der Waals surface area (Å²) in [5, 5.41) is 12.0. The van der Waals surface area contributed by atoms with E-state index in [1.807, 2.05) is 27.7 Å². The molecule has 92 valence electrons. The Kier molecular flexibility index (Phi) is 5.56. The molecule has 0 saturated carbocycles. The van der Waals surface area contributed by atoms with Crippen LogP contribution in [0.3, 0.4) is 0 Å². The first-order valence-corrected chi connectivity index (χ1v) is 4.81. The number of nitrogens with zero attached hydrogens (tertiary/aromatic N) is 3. The van der Waals surface area contributed by atoms with Crippen molar-refractivity contribution in [2.75, 3.05) is 7.05 Å². The molecule has 0 spiro atoms. The first kappa shape index (κ1) is 14.7. The number of nitrogens with two attached hydrogens (primary N) is 2. The van der Waals surface area contributed by atoms with Gasteiger partial charge in [0.25, 0.3) is 0 Å². The molecule has 8 heteroatoms. The average molecular weight is 222 g/mol. The molecule has 0 radical (unpaired) electrons. The van der Waals surface area contributed by atoms with Gasteiger partial charge in [-0.1, -0.05) is 4.94 Å². The molecule has 0 amide bonds. The fourth-order valence-electron chi connectivity index (χ4n) is 1.28. The summed E-state index contributed by atoms with van der Waals surface area (Å²) >= 11 is 0. The minimum Gasteiger partial charge on any atom is -0.744 e. The summed E-state index contributed by atoms with van der Waals surface area (Å²) in [5.74, 6) is 10.8. The van der Waals surface area contributed by atoms with Crippen molar-refractivity contribution in [2.24, 2.45) is 11.7 Å². The molecule has 0 aromatic heterocycles. The maximum absolute atomic E-state index is 10.8. The van der Waals surface area contributed by atoms with E-state index < -0.39 is 0 Å². The topological polar surface area (TPSA) is 103 Å². The Hall–Kier alpha value is -0.320. The van der Waals surface area contributed by atoms with Crippen molar-refractivity contribution in [3.63, 3.8) is 0 Å². The summed E-state index contributed by atoms with van der Waals surface area (Å²) in [5.41, 5.74) is 2.82. The Morgan fingerprint density at radius 3 is 1.93 bits per heavy atom. The smallest absolute Gasteiger partial charge is 0.157 e. The van der Waals surface area contributed by atoms with Crippen LogP contribution >= 0.6 is 0 Å². The van der Waals surface area contributed by atoms with Crippen LogP contribution in [0.25, 0.3) is 0 Å². The van der Waals surface area contributed by atoms with E-state index in [1.54, 1.807) is 7.05 Å². The molecule has 0 heterocycles. The number of hydrogen-bond donors (Lipinski definition) is 3. The molecule has 0 bridgehead atoms. The lowest BCUT2D eigenvalue weighted by Gasteiger charge is -2.44. The van der Waals surface area contributed by atoms with Crippen molar-refractivity contribution in [3.8, 4) is 0 Å². The van der Waals surface area contributed by atoms with Crippen LogP contribution in [0.15, 0.2) is 0 Å². The number of quaternary nitrogens is 1. The first-order valence-electron chi connectivity index (χ1n) is 4.81. The highest BCUT2D eigenvalue weighted by Crippen LogP contribution is 2.15. The lowest BCUT2D eigenvalue weighted by Crippen LogP contribution is -2.75. The van der Waals surface area contributed by atoms with Crippen molar-refractivity contribution in [2.45, 2.75) is 39.8 Å². The minimum absolute atomic E-state index is 0.0280. The molecule has 0 aromatic carbocycles. The van der Waals surface area contributed by atoms with E-state index in [9.17, 15) is 5.21 Å². The van der Waals surface area contributed by atoms with E-state index in [4.69, 9.17) is 16.6 Å². The summed E-state index contributed by atoms with van der Waals surface area (Å²) in [4.78, 5) is 4.58. The third-order valence-corrected chi connectivity index (χ3v) is 2.10. The predicted molar refractivity (Wildman–Crippen MR) is 56.1 cm³/mol. The van der Waals surface area contributed by atoms with Crippen molar-refractivity contribution < 1.29 is 9.80 Å². The van der Waals surface area contributed by atoms with Crippen molar-refractivity contribution in [1.29, 1.82) is 0 Å². The fraction of sp³-hybridized carbons (Fsp3) is 1.00. The van der Waals surface area contributed by atoms with E-state index in [0.717, 1.165) is 0 Å². The molecule has 0 rings (SSSR count). The zero-order valence-corrected chi connectivity index (χ0v) is 9.97. The molecule has 0 saturated heterocycles. The minimum atomic E-state index is -0.377. The van der Waals surface area contributed by atoms with Crippen LogP contribution in [-0.2, 0) is 4.94 Å². The quantitative estimate of drug-likeness (QED) is 0.312. The van der Waals surface area contributed by atoms with Crippen molar-refractivity contribution >= 4 is 0 Å². The number of nitrogens with one attached hydrogen (secondary N) is 1. The zero-order chi connectivity index (χ0) is 12.2. The second kappa shape index (κ2) is 5.68. The van der Waals surface area contributed by atoms with Gasteiger partial charge in [-0.3, -0.25) is 5.84 Å². The average Bonchev–Trinajstić information content (AvgIpc) is 2.12. The van der Waals surface area contributed by atoms with Crippen LogP contribution in [0, 0.1) is 5.21 Å². The van der Waals surface area contributed by atoms with Crippen LogP contribution < -0.4 is 17.1 Å². The summed E-state index contributed by atoms with van der Waals surface area (Å²) in [6, 6.07) is -0.151. The van der Waals surface area contributed by atoms with Gasteiger partial charge in [0.15, 0.2) is 6.04 Å². The van der Waals surface area contributed by atoms with E-state index >= 15 is 0 Å². The van der Waals surface area contributed by atoms with Crippen LogP contribution in [-0.4, -0.2) is 34.4 Å². The van der Waals surface area contributed by atoms with Gasteiger partial charge in [0, 0.05) is 11.9 Å². The second-order valence-electron chi connectivity index (χ2n) is 3.78. The Labute approximate surface area is 90.3 Å². The first-order chi connectivity index (χ1) is 6.77. The molecule has 0 aliphatic rings. The van der Waals surface area contributed by atoms with Gasteiger partial charge in [-0.25, -0.2) is 5.84 Å². The third-order valence-electron chi connectivity index (χ3n) is 2.10. The van der Waals surface area contributed by atoms with Gasteiger partial charge in [-0.05, 0) is 32.8 Å². The van der Waals surface area contributed by atoms with Crippen molar-refractivity contribution in [3.05, 3.63) is 5.21 Å². The molecule has 1 atom stereocenters. The van der Waals surface area contributed by atoms with Crippen LogP contribution in [0.1, 0.15) is 27.7 Å². The van der Waals surface area contributed by atoms with Gasteiger partial charge in [0.05, 0.1) is 6.04 Å². The third kappa shape index (κ3) is 3.33. The molecule has 8 nitrogen and oxygen atoms in total. The highest BCUT2D eigenvalue weighted by molar-refractivity contribution is 4.44. The predicted octanol–water partition coefficient (Wildman–Crippen LogP) is -0.635. The van der Waals surface area contributed by atoms with E-state index in [0.29, 0.717) is 0 Å². The fourth-order valence-corrected chi connectivity index (χ4v) is 1.28. The Morgan fingerprint density at radius 1 is 1.27 bits per heavy atom. The summed E-state index contributed by atoms with van der Waals surface area (Å²) in [7, 11) is 1.63. The Balaban J connectivity index is 4.96. The standard InChI is InChI=1S/C7H22N6O2/c1-6(2)11(8)13(10-5,7(3)4)15-12(9)14/h6-7,10H,8-9H2,1-5H3. The molecule has 15 heavy (non-hydrogen) atoms. The van der Waals surface area contributed by atoms with Crippen LogP contribution in [0.5, 0.6) is 0 Å². The lowest BCUT2D eigenvalue weighted by atomic mass is 10.4. The highest BCUT2D eigenvalue weighted by Gasteiger charge is 2.42. The summed E-state index contributed by atoms with van der Waals surface area (Å²) < 4.78 is 0. The number of hydroxylamine groups is 1. The number of hydrazine groups is 2. The van der Waals surface area contributed by atoms with Gasteiger partial charge in [-0.15, -0.1) is 10.8 Å². The maximum Gasteiger partial charge on any atom is 0.157 e. The largest absolute Gasteiger partial charge is 0.744 e.